The van der Waals surface area contributed by atoms with Crippen LogP contribution in [0.4, 0.5) is 10.5 Å². The lowest BCUT2D eigenvalue weighted by Crippen LogP contribution is -2.31. The minimum atomic E-state index is -3.82. The van der Waals surface area contributed by atoms with Crippen LogP contribution in [0.1, 0.15) is 12.0 Å². The highest BCUT2D eigenvalue weighted by Crippen LogP contribution is 2.32. The summed E-state index contributed by atoms with van der Waals surface area (Å²) in [6.45, 7) is -0.0796. The Kier molecular flexibility index (Phi) is 6.61. The van der Waals surface area contributed by atoms with Crippen LogP contribution in [-0.4, -0.2) is 36.9 Å². The number of benzene rings is 2. The molecule has 2 aromatic rings. The molecule has 156 valence electrons. The molecule has 0 unspecified atom stereocenters. The molecular formula is C19H16ClN3O5S2. The molecule has 3 N–H and O–H groups in total. The van der Waals surface area contributed by atoms with Gasteiger partial charge in [-0.25, -0.2) is 13.6 Å². The van der Waals surface area contributed by atoms with Crippen LogP contribution >= 0.6 is 23.4 Å². The van der Waals surface area contributed by atoms with Crippen LogP contribution in [0, 0.1) is 0 Å². The summed E-state index contributed by atoms with van der Waals surface area (Å²) in [5, 5.41) is 7.70. The van der Waals surface area contributed by atoms with E-state index in [2.05, 4.69) is 5.32 Å². The van der Waals surface area contributed by atoms with E-state index in [9.17, 15) is 22.8 Å². The van der Waals surface area contributed by atoms with Crippen molar-refractivity contribution < 1.29 is 22.8 Å². The number of anilines is 1. The first kappa shape index (κ1) is 22.0. The van der Waals surface area contributed by atoms with Crippen LogP contribution < -0.4 is 10.5 Å². The maximum Gasteiger partial charge on any atom is 0.293 e. The van der Waals surface area contributed by atoms with Crippen LogP contribution in [-0.2, 0) is 19.6 Å². The van der Waals surface area contributed by atoms with Crippen LogP contribution in [0.15, 0.2) is 58.3 Å². The summed E-state index contributed by atoms with van der Waals surface area (Å²) < 4.78 is 22.5. The minimum Gasteiger partial charge on any atom is -0.326 e. The number of carbonyl (C=O) groups excluding carboxylic acids is 3. The lowest BCUT2D eigenvalue weighted by Gasteiger charge is -2.12. The van der Waals surface area contributed by atoms with Gasteiger partial charge in [0, 0.05) is 23.7 Å². The van der Waals surface area contributed by atoms with Gasteiger partial charge in [-0.3, -0.25) is 19.3 Å². The van der Waals surface area contributed by atoms with Crippen LogP contribution in [0.25, 0.3) is 6.08 Å². The van der Waals surface area contributed by atoms with Crippen LogP contribution in [0.5, 0.6) is 0 Å². The van der Waals surface area contributed by atoms with E-state index in [1.165, 1.54) is 24.3 Å². The lowest BCUT2D eigenvalue weighted by molar-refractivity contribution is -0.123. The van der Waals surface area contributed by atoms with E-state index in [0.29, 0.717) is 10.7 Å². The Bertz CT molecular complexity index is 1130. The average Bonchev–Trinajstić information content (AvgIpc) is 2.94. The number of nitrogens with two attached hydrogens (primary N) is 1. The molecule has 0 spiro atoms. The number of sulfonamides is 1. The fraction of sp³-hybridized carbons (Fsp3) is 0.105. The van der Waals surface area contributed by atoms with E-state index in [1.807, 2.05) is 0 Å². The van der Waals surface area contributed by atoms with E-state index < -0.39 is 27.1 Å². The number of halogens is 1. The van der Waals surface area contributed by atoms with Gasteiger partial charge in [0.25, 0.3) is 11.1 Å². The Hall–Kier alpha value is -2.66. The van der Waals surface area contributed by atoms with Gasteiger partial charge in [-0.1, -0.05) is 23.7 Å². The van der Waals surface area contributed by atoms with E-state index >= 15 is 0 Å². The number of rotatable bonds is 6. The summed E-state index contributed by atoms with van der Waals surface area (Å²) in [6, 6.07) is 12.1. The van der Waals surface area contributed by atoms with Crippen molar-refractivity contribution in [3.8, 4) is 0 Å². The monoisotopic (exact) mass is 465 g/mol. The van der Waals surface area contributed by atoms with Crippen molar-refractivity contribution in [1.29, 1.82) is 0 Å². The van der Waals surface area contributed by atoms with Gasteiger partial charge in [-0.05, 0) is 59.8 Å². The number of thioether (sulfide) groups is 1. The molecule has 1 saturated heterocycles. The first-order chi connectivity index (χ1) is 14.1. The molecule has 3 amide bonds. The van der Waals surface area contributed by atoms with Crippen molar-refractivity contribution in [2.45, 2.75) is 11.3 Å². The van der Waals surface area contributed by atoms with Crippen molar-refractivity contribution in [3.05, 3.63) is 64.0 Å². The number of amides is 3. The molecule has 11 heteroatoms. The van der Waals surface area contributed by atoms with Gasteiger partial charge in [0.05, 0.1) is 9.80 Å². The van der Waals surface area contributed by atoms with Gasteiger partial charge < -0.3 is 5.32 Å². The molecule has 30 heavy (non-hydrogen) atoms. The van der Waals surface area contributed by atoms with E-state index in [0.717, 1.165) is 22.2 Å². The van der Waals surface area contributed by atoms with Gasteiger partial charge in [0.15, 0.2) is 0 Å². The smallest absolute Gasteiger partial charge is 0.293 e. The number of imide groups is 1. The predicted molar refractivity (Wildman–Crippen MR) is 115 cm³/mol. The zero-order valence-corrected chi connectivity index (χ0v) is 17.8. The molecule has 0 bridgehead atoms. The fourth-order valence-corrected chi connectivity index (χ4v) is 4.07. The highest BCUT2D eigenvalue weighted by Gasteiger charge is 2.35. The number of nitrogens with one attached hydrogen (secondary N) is 1. The third-order valence-electron chi connectivity index (χ3n) is 4.07. The zero-order valence-electron chi connectivity index (χ0n) is 15.4. The maximum atomic E-state index is 12.5. The highest BCUT2D eigenvalue weighted by molar-refractivity contribution is 8.18. The number of nitrogens with zero attached hydrogens (tertiary/aromatic N) is 1. The van der Waals surface area contributed by atoms with Crippen molar-refractivity contribution in [2.24, 2.45) is 5.14 Å². The maximum absolute atomic E-state index is 12.5. The topological polar surface area (TPSA) is 127 Å². The normalized spacial score (nSPS) is 15.7. The summed E-state index contributed by atoms with van der Waals surface area (Å²) in [5.41, 5.74) is 1.09. The Morgan fingerprint density at radius 3 is 2.33 bits per heavy atom. The molecule has 1 aliphatic rings. The SMILES string of the molecule is NS(=O)(=O)c1ccc(NC(=O)CCN2C(=O)S/C(=C/c3ccc(Cl)cc3)C2=O)cc1. The molecule has 2 aromatic carbocycles. The molecule has 0 radical (unpaired) electrons. The number of hydrogen-bond donors (Lipinski definition) is 2. The summed E-state index contributed by atoms with van der Waals surface area (Å²) >= 11 is 6.64. The van der Waals surface area contributed by atoms with Crippen molar-refractivity contribution >= 4 is 62.2 Å². The fourth-order valence-electron chi connectivity index (χ4n) is 2.57. The summed E-state index contributed by atoms with van der Waals surface area (Å²) in [6.07, 6.45) is 1.48. The molecule has 1 heterocycles. The first-order valence-electron chi connectivity index (χ1n) is 8.57. The summed E-state index contributed by atoms with van der Waals surface area (Å²) in [5.74, 6) is -0.899. The van der Waals surface area contributed by atoms with Crippen LogP contribution in [0.2, 0.25) is 5.02 Å². The van der Waals surface area contributed by atoms with Gasteiger partial charge in [0.1, 0.15) is 0 Å². The third kappa shape index (κ3) is 5.48. The number of hydrogen-bond acceptors (Lipinski definition) is 6. The Morgan fingerprint density at radius 2 is 1.73 bits per heavy atom. The first-order valence-corrected chi connectivity index (χ1v) is 11.3. The second kappa shape index (κ2) is 9.00. The molecule has 0 saturated carbocycles. The Labute approximate surface area is 182 Å². The van der Waals surface area contributed by atoms with Gasteiger partial charge in [0.2, 0.25) is 15.9 Å². The predicted octanol–water partition coefficient (Wildman–Crippen LogP) is 3.05. The lowest BCUT2D eigenvalue weighted by atomic mass is 10.2. The number of primary sulfonamides is 1. The highest BCUT2D eigenvalue weighted by atomic mass is 35.5. The molecule has 0 aromatic heterocycles. The van der Waals surface area contributed by atoms with Gasteiger partial charge in [-0.15, -0.1) is 0 Å². The van der Waals surface area contributed by atoms with Gasteiger partial charge in [-0.2, -0.15) is 0 Å². The molecule has 0 aliphatic carbocycles. The van der Waals surface area contributed by atoms with E-state index in [-0.39, 0.29) is 22.8 Å². The largest absolute Gasteiger partial charge is 0.326 e. The van der Waals surface area contributed by atoms with Crippen molar-refractivity contribution in [1.82, 2.24) is 4.90 Å². The Balaban J connectivity index is 1.58. The third-order valence-corrected chi connectivity index (χ3v) is 6.16. The molecule has 8 nitrogen and oxygen atoms in total. The molecule has 1 aliphatic heterocycles. The zero-order chi connectivity index (χ0) is 21.9. The van der Waals surface area contributed by atoms with Crippen molar-refractivity contribution in [3.63, 3.8) is 0 Å². The quantitative estimate of drug-likeness (QED) is 0.631. The van der Waals surface area contributed by atoms with Gasteiger partial charge >= 0.3 is 0 Å². The minimum absolute atomic E-state index is 0.0780. The van der Waals surface area contributed by atoms with E-state index in [1.54, 1.807) is 30.3 Å². The molecule has 1 fully saturated rings. The molecular weight excluding hydrogens is 450 g/mol. The molecule has 0 atom stereocenters. The second-order valence-corrected chi connectivity index (χ2v) is 9.24. The number of carbonyl (C=O) groups is 3. The summed E-state index contributed by atoms with van der Waals surface area (Å²) in [4.78, 5) is 38.0. The summed E-state index contributed by atoms with van der Waals surface area (Å²) in [7, 11) is -3.82. The van der Waals surface area contributed by atoms with E-state index in [4.69, 9.17) is 16.7 Å². The van der Waals surface area contributed by atoms with Crippen LogP contribution in [0.3, 0.4) is 0 Å². The second-order valence-electron chi connectivity index (χ2n) is 6.25. The molecule has 3 rings (SSSR count). The average molecular weight is 466 g/mol. The standard InChI is InChI=1S/C19H16ClN3O5S2/c20-13-3-1-12(2-4-13)11-16-18(25)23(19(26)29-16)10-9-17(24)22-14-5-7-15(8-6-14)30(21,27)28/h1-8,11H,9-10H2,(H,22,24)(H2,21,27,28)/b16-11+. The van der Waals surface area contributed by atoms with Crippen molar-refractivity contribution in [2.75, 3.05) is 11.9 Å². The Morgan fingerprint density at radius 1 is 1.10 bits per heavy atom.